The van der Waals surface area contributed by atoms with Gasteiger partial charge in [-0.05, 0) is 75.4 Å². The van der Waals surface area contributed by atoms with Crippen LogP contribution in [0.4, 0.5) is 0 Å². The van der Waals surface area contributed by atoms with E-state index < -0.39 is 11.6 Å². The minimum Gasteiger partial charge on any atom is -0.456 e. The van der Waals surface area contributed by atoms with E-state index in [1.807, 2.05) is 12.1 Å². The van der Waals surface area contributed by atoms with E-state index in [4.69, 9.17) is 4.74 Å². The van der Waals surface area contributed by atoms with Crippen molar-refractivity contribution in [1.82, 2.24) is 9.55 Å². The van der Waals surface area contributed by atoms with Crippen LogP contribution in [0.15, 0.2) is 73.1 Å². The first-order valence-electron chi connectivity index (χ1n) is 10.1. The third-order valence-corrected chi connectivity index (χ3v) is 4.84. The van der Waals surface area contributed by atoms with Crippen molar-refractivity contribution >= 4 is 22.8 Å². The van der Waals surface area contributed by atoms with E-state index in [1.165, 1.54) is 0 Å². The van der Waals surface area contributed by atoms with Crippen LogP contribution in [0.3, 0.4) is 0 Å². The van der Waals surface area contributed by atoms with Gasteiger partial charge in [0.2, 0.25) is 0 Å². The molecule has 0 saturated carbocycles. The van der Waals surface area contributed by atoms with Crippen LogP contribution in [0.1, 0.15) is 47.1 Å². The van der Waals surface area contributed by atoms with E-state index in [0.29, 0.717) is 27.9 Å². The summed E-state index contributed by atoms with van der Waals surface area (Å²) in [4.78, 5) is 30.3. The van der Waals surface area contributed by atoms with E-state index in [0.717, 1.165) is 10.9 Å². The van der Waals surface area contributed by atoms with Crippen molar-refractivity contribution in [3.63, 3.8) is 0 Å². The molecule has 0 N–H and O–H groups in total. The summed E-state index contributed by atoms with van der Waals surface area (Å²) in [6.07, 6.45) is 3.34. The Morgan fingerprint density at radius 2 is 1.78 bits per heavy atom. The maximum absolute atomic E-state index is 13.7. The van der Waals surface area contributed by atoms with Crippen LogP contribution in [0.2, 0.25) is 0 Å². The minimum absolute atomic E-state index is 0.297. The molecular weight excluding hydrogens is 402 g/mol. The van der Waals surface area contributed by atoms with Crippen molar-refractivity contribution in [2.75, 3.05) is 0 Å². The molecule has 4 rings (SSSR count). The molecule has 0 saturated heterocycles. The molecule has 2 aromatic carbocycles. The van der Waals surface area contributed by atoms with E-state index >= 15 is 0 Å². The predicted octanol–water partition coefficient (Wildman–Crippen LogP) is 5.22. The second kappa shape index (κ2) is 8.12. The third-order valence-electron chi connectivity index (χ3n) is 4.84. The summed E-state index contributed by atoms with van der Waals surface area (Å²) in [6.45, 7) is 5.38. The average molecular weight is 423 g/mol. The van der Waals surface area contributed by atoms with E-state index in [-0.39, 0.29) is 5.91 Å². The van der Waals surface area contributed by atoms with Gasteiger partial charge in [-0.15, -0.1) is 0 Å². The van der Waals surface area contributed by atoms with Crippen molar-refractivity contribution in [2.45, 2.75) is 26.4 Å². The number of hydrogen-bond acceptors (Lipinski definition) is 5. The number of benzene rings is 2. The summed E-state index contributed by atoms with van der Waals surface area (Å²) in [6, 6.07) is 19.3. The first kappa shape index (κ1) is 21.0. The van der Waals surface area contributed by atoms with Gasteiger partial charge in [0.15, 0.2) is 0 Å². The fraction of sp³-hybridized carbons (Fsp3) is 0.154. The Hall–Kier alpha value is -4.24. The lowest BCUT2D eigenvalue weighted by atomic mass is 10.1. The van der Waals surface area contributed by atoms with Gasteiger partial charge in [0.1, 0.15) is 5.60 Å². The molecule has 2 aromatic heterocycles. The van der Waals surface area contributed by atoms with Crippen LogP contribution >= 0.6 is 0 Å². The minimum atomic E-state index is -0.639. The Morgan fingerprint density at radius 3 is 2.47 bits per heavy atom. The van der Waals surface area contributed by atoms with Crippen LogP contribution in [0, 0.1) is 11.3 Å². The zero-order chi connectivity index (χ0) is 22.9. The maximum Gasteiger partial charge on any atom is 0.338 e. The second-order valence-corrected chi connectivity index (χ2v) is 8.38. The van der Waals surface area contributed by atoms with Crippen molar-refractivity contribution in [3.05, 3.63) is 89.7 Å². The van der Waals surface area contributed by atoms with Crippen molar-refractivity contribution < 1.29 is 14.3 Å². The van der Waals surface area contributed by atoms with Crippen LogP contribution in [0.25, 0.3) is 22.2 Å². The molecule has 6 heteroatoms. The Labute approximate surface area is 185 Å². The van der Waals surface area contributed by atoms with Crippen LogP contribution < -0.4 is 0 Å². The van der Waals surface area contributed by atoms with Gasteiger partial charge in [-0.25, -0.2) is 4.79 Å². The highest BCUT2D eigenvalue weighted by Gasteiger charge is 2.22. The summed E-state index contributed by atoms with van der Waals surface area (Å²) in [5.41, 5.74) is 2.59. The zero-order valence-corrected chi connectivity index (χ0v) is 18.0. The highest BCUT2D eigenvalue weighted by molar-refractivity contribution is 6.07. The molecule has 0 fully saturated rings. The second-order valence-electron chi connectivity index (χ2n) is 8.38. The predicted molar refractivity (Wildman–Crippen MR) is 121 cm³/mol. The normalized spacial score (nSPS) is 11.2. The highest BCUT2D eigenvalue weighted by atomic mass is 16.6. The lowest BCUT2D eigenvalue weighted by Gasteiger charge is -2.19. The number of aromatic nitrogens is 2. The molecule has 0 radical (unpaired) electrons. The molecule has 0 bridgehead atoms. The third kappa shape index (κ3) is 4.14. The molecule has 0 atom stereocenters. The number of pyridine rings is 1. The molecule has 32 heavy (non-hydrogen) atoms. The first-order chi connectivity index (χ1) is 15.3. The zero-order valence-electron chi connectivity index (χ0n) is 18.0. The number of carbonyl (C=O) groups is 2. The number of fused-ring (bicyclic) bond motifs is 1. The number of nitrogens with zero attached hydrogens (tertiary/aromatic N) is 3. The first-order valence-corrected chi connectivity index (χ1v) is 10.1. The molecular formula is C26H21N3O3. The van der Waals surface area contributed by atoms with Gasteiger partial charge < -0.3 is 4.74 Å². The molecule has 0 unspecified atom stereocenters. The number of ether oxygens (including phenoxy) is 1. The van der Waals surface area contributed by atoms with Crippen molar-refractivity contribution in [2.24, 2.45) is 0 Å². The molecule has 0 aliphatic heterocycles. The summed E-state index contributed by atoms with van der Waals surface area (Å²) < 4.78 is 7.03. The van der Waals surface area contributed by atoms with Gasteiger partial charge in [0.25, 0.3) is 5.91 Å². The Kier molecular flexibility index (Phi) is 5.33. The molecule has 6 nitrogen and oxygen atoms in total. The largest absolute Gasteiger partial charge is 0.456 e. The lowest BCUT2D eigenvalue weighted by Crippen LogP contribution is -2.24. The number of carbonyl (C=O) groups excluding carboxylic acids is 2. The van der Waals surface area contributed by atoms with E-state index in [9.17, 15) is 14.9 Å². The van der Waals surface area contributed by atoms with Gasteiger partial charge in [0.05, 0.1) is 28.4 Å². The Balaban J connectivity index is 1.84. The molecule has 0 amide bonds. The maximum atomic E-state index is 13.7. The monoisotopic (exact) mass is 423 g/mol. The number of rotatable bonds is 3. The lowest BCUT2D eigenvalue weighted by molar-refractivity contribution is 0.00695. The smallest absolute Gasteiger partial charge is 0.338 e. The molecule has 0 aliphatic rings. The number of hydrogen-bond donors (Lipinski definition) is 0. The van der Waals surface area contributed by atoms with Gasteiger partial charge in [-0.3, -0.25) is 14.3 Å². The van der Waals surface area contributed by atoms with Gasteiger partial charge in [-0.1, -0.05) is 6.07 Å². The van der Waals surface area contributed by atoms with E-state index in [1.54, 1.807) is 86.3 Å². The van der Waals surface area contributed by atoms with Crippen LogP contribution in [-0.2, 0) is 4.74 Å². The Bertz CT molecular complexity index is 1370. The van der Waals surface area contributed by atoms with Crippen LogP contribution in [0.5, 0.6) is 0 Å². The van der Waals surface area contributed by atoms with Crippen LogP contribution in [-0.4, -0.2) is 27.0 Å². The molecule has 4 aromatic rings. The summed E-state index contributed by atoms with van der Waals surface area (Å²) in [5.74, 6) is -0.787. The quantitative estimate of drug-likeness (QED) is 0.422. The van der Waals surface area contributed by atoms with Gasteiger partial charge >= 0.3 is 5.97 Å². The SMILES string of the molecule is CC(C)(C)OC(=O)c1cccc(C(=O)n2c(-c3cccnc3)cc3cc(C#N)ccc32)c1. The fourth-order valence-corrected chi connectivity index (χ4v) is 3.48. The summed E-state index contributed by atoms with van der Waals surface area (Å²) in [7, 11) is 0. The topological polar surface area (TPSA) is 85.0 Å². The molecule has 2 heterocycles. The van der Waals surface area contributed by atoms with Gasteiger partial charge in [0, 0.05) is 28.9 Å². The van der Waals surface area contributed by atoms with E-state index in [2.05, 4.69) is 11.1 Å². The Morgan fingerprint density at radius 1 is 1.00 bits per heavy atom. The average Bonchev–Trinajstić information content (AvgIpc) is 3.16. The molecule has 0 spiro atoms. The van der Waals surface area contributed by atoms with Crippen molar-refractivity contribution in [3.8, 4) is 17.3 Å². The number of esters is 1. The highest BCUT2D eigenvalue weighted by Crippen LogP contribution is 2.30. The summed E-state index contributed by atoms with van der Waals surface area (Å²) >= 11 is 0. The molecule has 158 valence electrons. The number of nitriles is 1. The van der Waals surface area contributed by atoms with Crippen molar-refractivity contribution in [1.29, 1.82) is 5.26 Å². The summed E-state index contributed by atoms with van der Waals surface area (Å²) in [5, 5.41) is 10.0. The fourth-order valence-electron chi connectivity index (χ4n) is 3.48. The molecule has 0 aliphatic carbocycles. The van der Waals surface area contributed by atoms with Gasteiger partial charge in [-0.2, -0.15) is 5.26 Å². The standard InChI is InChI=1S/C26H21N3O3/c1-26(2,3)32-25(31)19-7-4-6-18(13-19)24(30)29-22-10-9-17(15-27)12-21(22)14-23(29)20-8-5-11-28-16-20/h4-14,16H,1-3H3.